The number of nitrogens with one attached hydrogen (secondary N) is 1. The topological polar surface area (TPSA) is 90.0 Å². The minimum atomic E-state index is -3.36. The fourth-order valence-corrected chi connectivity index (χ4v) is 5.81. The van der Waals surface area contributed by atoms with Crippen molar-refractivity contribution in [1.82, 2.24) is 9.21 Å². The highest BCUT2D eigenvalue weighted by Gasteiger charge is 2.52. The molecule has 27 heavy (non-hydrogen) atoms. The van der Waals surface area contributed by atoms with Crippen molar-refractivity contribution in [3.05, 3.63) is 29.3 Å². The molecule has 0 radical (unpaired) electrons. The van der Waals surface area contributed by atoms with Gasteiger partial charge in [-0.05, 0) is 50.3 Å². The van der Waals surface area contributed by atoms with Crippen molar-refractivity contribution in [2.75, 3.05) is 37.8 Å². The van der Waals surface area contributed by atoms with E-state index < -0.39 is 21.7 Å². The van der Waals surface area contributed by atoms with Crippen molar-refractivity contribution in [2.45, 2.75) is 44.8 Å². The number of aliphatic hydroxyl groups excluding tert-OH is 1. The van der Waals surface area contributed by atoms with Crippen molar-refractivity contribution < 1.29 is 18.3 Å². The zero-order chi connectivity index (χ0) is 19.8. The lowest BCUT2D eigenvalue weighted by Crippen LogP contribution is -2.63. The molecule has 2 aliphatic rings. The molecule has 0 unspecified atom stereocenters. The molecule has 3 rings (SSSR count). The second-order valence-corrected chi connectivity index (χ2v) is 9.82. The molecule has 0 aromatic heterocycles. The molecular weight excluding hydrogens is 366 g/mol. The average Bonchev–Trinajstić information content (AvgIpc) is 3.00. The Bertz CT molecular complexity index is 826. The summed E-state index contributed by atoms with van der Waals surface area (Å²) in [5.41, 5.74) is 2.16. The van der Waals surface area contributed by atoms with Crippen LogP contribution < -0.4 is 5.32 Å². The summed E-state index contributed by atoms with van der Waals surface area (Å²) in [6, 6.07) is 5.91. The minimum Gasteiger partial charge on any atom is -0.390 e. The number of piperidine rings is 1. The third kappa shape index (κ3) is 4.18. The Morgan fingerprint density at radius 3 is 2.70 bits per heavy atom. The molecule has 2 saturated heterocycles. The van der Waals surface area contributed by atoms with Gasteiger partial charge in [-0.3, -0.25) is 9.69 Å². The number of nitrogens with zero attached hydrogens (tertiary/aromatic N) is 2. The van der Waals surface area contributed by atoms with Gasteiger partial charge in [-0.1, -0.05) is 12.1 Å². The lowest BCUT2D eigenvalue weighted by atomic mass is 9.83. The molecular formula is C19H29N3O4S. The van der Waals surface area contributed by atoms with E-state index in [0.29, 0.717) is 32.5 Å². The van der Waals surface area contributed by atoms with Crippen LogP contribution in [0.4, 0.5) is 5.69 Å². The summed E-state index contributed by atoms with van der Waals surface area (Å²) in [6.07, 6.45) is 2.38. The fraction of sp³-hybridized carbons (Fsp3) is 0.632. The van der Waals surface area contributed by atoms with Crippen LogP contribution in [0.3, 0.4) is 0 Å². The van der Waals surface area contributed by atoms with E-state index in [-0.39, 0.29) is 12.5 Å². The molecule has 150 valence electrons. The van der Waals surface area contributed by atoms with E-state index in [0.717, 1.165) is 23.2 Å². The van der Waals surface area contributed by atoms with Gasteiger partial charge in [0.2, 0.25) is 15.9 Å². The maximum atomic E-state index is 12.4. The molecule has 2 aliphatic heterocycles. The number of amides is 1. The van der Waals surface area contributed by atoms with Crippen molar-refractivity contribution in [1.29, 1.82) is 0 Å². The number of carbonyl (C=O) groups is 1. The summed E-state index contributed by atoms with van der Waals surface area (Å²) in [6.45, 7) is 5.45. The van der Waals surface area contributed by atoms with Crippen LogP contribution >= 0.6 is 0 Å². The Balaban J connectivity index is 1.63. The Morgan fingerprint density at radius 2 is 2.04 bits per heavy atom. The van der Waals surface area contributed by atoms with Gasteiger partial charge in [0, 0.05) is 25.3 Å². The lowest BCUT2D eigenvalue weighted by molar-refractivity contribution is -0.119. The maximum Gasteiger partial charge on any atom is 0.238 e. The van der Waals surface area contributed by atoms with Crippen LogP contribution in [-0.4, -0.2) is 72.7 Å². The minimum absolute atomic E-state index is 0.127. The number of aliphatic hydroxyl groups is 1. The van der Waals surface area contributed by atoms with Gasteiger partial charge >= 0.3 is 0 Å². The van der Waals surface area contributed by atoms with Gasteiger partial charge < -0.3 is 10.4 Å². The summed E-state index contributed by atoms with van der Waals surface area (Å²) in [7, 11) is -3.36. The monoisotopic (exact) mass is 395 g/mol. The number of carbonyl (C=O) groups excluding carboxylic acids is 1. The highest BCUT2D eigenvalue weighted by molar-refractivity contribution is 7.88. The van der Waals surface area contributed by atoms with E-state index in [2.05, 4.69) is 5.32 Å². The van der Waals surface area contributed by atoms with E-state index in [1.54, 1.807) is 0 Å². The number of rotatable bonds is 4. The van der Waals surface area contributed by atoms with Crippen molar-refractivity contribution in [2.24, 2.45) is 0 Å². The van der Waals surface area contributed by atoms with Gasteiger partial charge in [0.25, 0.3) is 0 Å². The van der Waals surface area contributed by atoms with Crippen LogP contribution in [0.1, 0.15) is 30.4 Å². The summed E-state index contributed by atoms with van der Waals surface area (Å²) in [4.78, 5) is 14.3. The van der Waals surface area contributed by atoms with Crippen LogP contribution in [-0.2, 0) is 14.8 Å². The molecule has 2 N–H and O–H groups in total. The summed E-state index contributed by atoms with van der Waals surface area (Å²) >= 11 is 0. The third-order valence-corrected chi connectivity index (χ3v) is 7.16. The standard InChI is InChI=1S/C19H29N3O4S/c1-14-5-6-15(2)16(11-14)20-18(24)13-21-10-8-19(17(23)12-21)7-4-9-22(19)27(3,25)26/h5-6,11,17,23H,4,7-10,12-13H2,1-3H3,(H,20,24)/t17-,19-/m0/s1. The molecule has 0 aliphatic carbocycles. The predicted octanol–water partition coefficient (Wildman–Crippen LogP) is 1.10. The Hall–Kier alpha value is -1.48. The van der Waals surface area contributed by atoms with Gasteiger partial charge in [-0.2, -0.15) is 4.31 Å². The van der Waals surface area contributed by atoms with Gasteiger partial charge in [0.1, 0.15) is 0 Å². The van der Waals surface area contributed by atoms with E-state index in [1.807, 2.05) is 36.9 Å². The van der Waals surface area contributed by atoms with E-state index in [1.165, 1.54) is 10.6 Å². The fourth-order valence-electron chi connectivity index (χ4n) is 4.39. The smallest absolute Gasteiger partial charge is 0.238 e. The summed E-state index contributed by atoms with van der Waals surface area (Å²) in [5, 5.41) is 13.7. The summed E-state index contributed by atoms with van der Waals surface area (Å²) in [5.74, 6) is -0.127. The first kappa shape index (κ1) is 20.3. The maximum absolute atomic E-state index is 12.4. The van der Waals surface area contributed by atoms with E-state index in [9.17, 15) is 18.3 Å². The second kappa shape index (κ2) is 7.50. The van der Waals surface area contributed by atoms with E-state index in [4.69, 9.17) is 0 Å². The summed E-state index contributed by atoms with van der Waals surface area (Å²) < 4.78 is 25.7. The number of sulfonamides is 1. The van der Waals surface area contributed by atoms with E-state index >= 15 is 0 Å². The van der Waals surface area contributed by atoms with Crippen molar-refractivity contribution in [3.63, 3.8) is 0 Å². The first-order valence-corrected chi connectivity index (χ1v) is 11.2. The normalized spacial score (nSPS) is 27.2. The number of β-amino-alcohol motifs (C(OH)–C–C–N with tert-alkyl or cyclic N) is 1. The molecule has 2 fully saturated rings. The number of aryl methyl sites for hydroxylation is 2. The van der Waals surface area contributed by atoms with Gasteiger partial charge in [0.15, 0.2) is 0 Å². The van der Waals surface area contributed by atoms with Crippen molar-refractivity contribution in [3.8, 4) is 0 Å². The number of anilines is 1. The highest BCUT2D eigenvalue weighted by Crippen LogP contribution is 2.40. The Labute approximate surface area is 161 Å². The molecule has 2 atom stereocenters. The molecule has 1 amide bonds. The van der Waals surface area contributed by atoms with Crippen LogP contribution in [0.15, 0.2) is 18.2 Å². The molecule has 8 heteroatoms. The molecule has 7 nitrogen and oxygen atoms in total. The largest absolute Gasteiger partial charge is 0.390 e. The Morgan fingerprint density at radius 1 is 1.30 bits per heavy atom. The quantitative estimate of drug-likeness (QED) is 0.797. The molecule has 1 aromatic rings. The predicted molar refractivity (Wildman–Crippen MR) is 105 cm³/mol. The second-order valence-electron chi connectivity index (χ2n) is 7.91. The van der Waals surface area contributed by atoms with Gasteiger partial charge in [-0.25, -0.2) is 8.42 Å². The number of hydrogen-bond donors (Lipinski definition) is 2. The molecule has 2 heterocycles. The average molecular weight is 396 g/mol. The number of benzene rings is 1. The first-order chi connectivity index (χ1) is 12.6. The highest BCUT2D eigenvalue weighted by atomic mass is 32.2. The third-order valence-electron chi connectivity index (χ3n) is 5.81. The molecule has 1 spiro atoms. The van der Waals surface area contributed by atoms with Crippen LogP contribution in [0, 0.1) is 13.8 Å². The zero-order valence-corrected chi connectivity index (χ0v) is 17.1. The number of hydrogen-bond acceptors (Lipinski definition) is 5. The van der Waals surface area contributed by atoms with Gasteiger partial charge in [-0.15, -0.1) is 0 Å². The molecule has 0 bridgehead atoms. The zero-order valence-electron chi connectivity index (χ0n) is 16.2. The van der Waals surface area contributed by atoms with Crippen LogP contribution in [0.25, 0.3) is 0 Å². The van der Waals surface area contributed by atoms with Crippen LogP contribution in [0.2, 0.25) is 0 Å². The lowest BCUT2D eigenvalue weighted by Gasteiger charge is -2.47. The van der Waals surface area contributed by atoms with Gasteiger partial charge in [0.05, 0.1) is 24.4 Å². The van der Waals surface area contributed by atoms with Crippen molar-refractivity contribution >= 4 is 21.6 Å². The first-order valence-electron chi connectivity index (χ1n) is 9.37. The number of likely N-dealkylation sites (tertiary alicyclic amines) is 1. The SMILES string of the molecule is Cc1ccc(C)c(NC(=O)CN2CC[C@@]3(CCCN3S(C)(=O)=O)[C@@H](O)C2)c1. The molecule has 0 saturated carbocycles. The van der Waals surface area contributed by atoms with Crippen LogP contribution in [0.5, 0.6) is 0 Å². The Kier molecular flexibility index (Phi) is 5.63. The molecule has 1 aromatic carbocycles.